The zero-order valence-corrected chi connectivity index (χ0v) is 15.8. The van der Waals surface area contributed by atoms with Crippen LogP contribution in [-0.4, -0.2) is 43.3 Å². The molecule has 8 heteroatoms. The van der Waals surface area contributed by atoms with Gasteiger partial charge in [0.1, 0.15) is 5.82 Å². The number of halogens is 1. The van der Waals surface area contributed by atoms with Gasteiger partial charge in [0.15, 0.2) is 0 Å². The molecule has 0 N–H and O–H groups in total. The van der Waals surface area contributed by atoms with E-state index in [1.54, 1.807) is 15.6 Å². The van der Waals surface area contributed by atoms with Gasteiger partial charge in [-0.3, -0.25) is 4.79 Å². The highest BCUT2D eigenvalue weighted by molar-refractivity contribution is 7.99. The standard InChI is InChI=1S/C19H20FN5OS/c1-2-24(12-16-9-6-10-17(20)11-16)18(26)14-27-19-21-22-23-25(19)13-15-7-4-3-5-8-15/h3-11H,2,12-14H2,1H3. The van der Waals surface area contributed by atoms with Gasteiger partial charge in [-0.05, 0) is 40.6 Å². The second-order valence-corrected chi connectivity index (χ2v) is 6.87. The lowest BCUT2D eigenvalue weighted by Gasteiger charge is -2.20. The molecule has 0 fully saturated rings. The van der Waals surface area contributed by atoms with E-state index in [0.29, 0.717) is 24.8 Å². The van der Waals surface area contributed by atoms with E-state index in [2.05, 4.69) is 15.5 Å². The minimum Gasteiger partial charge on any atom is -0.338 e. The molecule has 1 amide bonds. The Morgan fingerprint density at radius 3 is 2.67 bits per heavy atom. The quantitative estimate of drug-likeness (QED) is 0.558. The van der Waals surface area contributed by atoms with Crippen LogP contribution in [0.15, 0.2) is 59.8 Å². The molecular formula is C19H20FN5OS. The van der Waals surface area contributed by atoms with Crippen molar-refractivity contribution in [3.05, 3.63) is 71.5 Å². The molecule has 6 nitrogen and oxygen atoms in total. The second-order valence-electron chi connectivity index (χ2n) is 5.93. The first-order chi connectivity index (χ1) is 13.2. The van der Waals surface area contributed by atoms with E-state index in [0.717, 1.165) is 11.1 Å². The fourth-order valence-electron chi connectivity index (χ4n) is 2.61. The highest BCUT2D eigenvalue weighted by Crippen LogP contribution is 2.17. The molecule has 1 heterocycles. The Morgan fingerprint density at radius 2 is 1.93 bits per heavy atom. The van der Waals surface area contributed by atoms with Crippen LogP contribution in [0.5, 0.6) is 0 Å². The normalized spacial score (nSPS) is 10.7. The van der Waals surface area contributed by atoms with E-state index >= 15 is 0 Å². The van der Waals surface area contributed by atoms with Gasteiger partial charge in [-0.25, -0.2) is 9.07 Å². The summed E-state index contributed by atoms with van der Waals surface area (Å²) in [7, 11) is 0. The lowest BCUT2D eigenvalue weighted by Crippen LogP contribution is -2.31. The van der Waals surface area contributed by atoms with Crippen molar-refractivity contribution < 1.29 is 9.18 Å². The molecule has 0 aliphatic rings. The first kappa shape index (κ1) is 19.0. The van der Waals surface area contributed by atoms with E-state index in [1.165, 1.54) is 23.9 Å². The van der Waals surface area contributed by atoms with Gasteiger partial charge in [0, 0.05) is 13.1 Å². The third kappa shape index (κ3) is 5.37. The Balaban J connectivity index is 1.59. The number of tetrazole rings is 1. The number of carbonyl (C=O) groups excluding carboxylic acids is 1. The van der Waals surface area contributed by atoms with Gasteiger partial charge in [-0.2, -0.15) is 0 Å². The van der Waals surface area contributed by atoms with Crippen LogP contribution in [0.3, 0.4) is 0 Å². The van der Waals surface area contributed by atoms with Crippen LogP contribution in [0.4, 0.5) is 4.39 Å². The van der Waals surface area contributed by atoms with Gasteiger partial charge in [0.05, 0.1) is 12.3 Å². The maximum Gasteiger partial charge on any atom is 0.233 e. The summed E-state index contributed by atoms with van der Waals surface area (Å²) in [4.78, 5) is 14.2. The number of thioether (sulfide) groups is 1. The summed E-state index contributed by atoms with van der Waals surface area (Å²) in [5, 5.41) is 12.3. The van der Waals surface area contributed by atoms with E-state index in [4.69, 9.17) is 0 Å². The Labute approximate surface area is 161 Å². The molecule has 140 valence electrons. The van der Waals surface area contributed by atoms with E-state index in [9.17, 15) is 9.18 Å². The molecular weight excluding hydrogens is 365 g/mol. The van der Waals surface area contributed by atoms with Crippen LogP contribution < -0.4 is 0 Å². The van der Waals surface area contributed by atoms with E-state index in [-0.39, 0.29) is 17.5 Å². The average molecular weight is 385 g/mol. The summed E-state index contributed by atoms with van der Waals surface area (Å²) in [6, 6.07) is 16.2. The minimum atomic E-state index is -0.300. The summed E-state index contributed by atoms with van der Waals surface area (Å²) in [5.41, 5.74) is 1.85. The molecule has 0 unspecified atom stereocenters. The minimum absolute atomic E-state index is 0.0407. The van der Waals surface area contributed by atoms with Gasteiger partial charge >= 0.3 is 0 Å². The molecule has 0 aliphatic carbocycles. The number of nitrogens with zero attached hydrogens (tertiary/aromatic N) is 5. The molecule has 0 radical (unpaired) electrons. The Hall–Kier alpha value is -2.74. The van der Waals surface area contributed by atoms with Gasteiger partial charge in [-0.15, -0.1) is 5.10 Å². The zero-order valence-electron chi connectivity index (χ0n) is 15.0. The number of hydrogen-bond donors (Lipinski definition) is 0. The molecule has 3 aromatic rings. The third-order valence-corrected chi connectivity index (χ3v) is 4.94. The number of rotatable bonds is 8. The summed E-state index contributed by atoms with van der Waals surface area (Å²) in [6.07, 6.45) is 0. The van der Waals surface area contributed by atoms with Crippen LogP contribution in [0.1, 0.15) is 18.1 Å². The van der Waals surface area contributed by atoms with Crippen LogP contribution in [-0.2, 0) is 17.9 Å². The van der Waals surface area contributed by atoms with Crippen molar-refractivity contribution in [2.24, 2.45) is 0 Å². The molecule has 1 aromatic heterocycles. The zero-order chi connectivity index (χ0) is 19.1. The lowest BCUT2D eigenvalue weighted by atomic mass is 10.2. The first-order valence-electron chi connectivity index (χ1n) is 8.61. The van der Waals surface area contributed by atoms with Crippen molar-refractivity contribution in [1.29, 1.82) is 0 Å². The predicted octanol–water partition coefficient (Wildman–Crippen LogP) is 3.00. The molecule has 2 aromatic carbocycles. The SMILES string of the molecule is CCN(Cc1cccc(F)c1)C(=O)CSc1nnnn1Cc1ccccc1. The maximum atomic E-state index is 13.3. The summed E-state index contributed by atoms with van der Waals surface area (Å²) in [6.45, 7) is 3.37. The van der Waals surface area contributed by atoms with E-state index < -0.39 is 0 Å². The fraction of sp³-hybridized carbons (Fsp3) is 0.263. The van der Waals surface area contributed by atoms with Gasteiger partial charge in [0.25, 0.3) is 0 Å². The molecule has 0 aliphatic heterocycles. The molecule has 3 rings (SSSR count). The number of amides is 1. The predicted molar refractivity (Wildman–Crippen MR) is 102 cm³/mol. The molecule has 0 atom stereocenters. The van der Waals surface area contributed by atoms with Crippen molar-refractivity contribution in [3.63, 3.8) is 0 Å². The smallest absolute Gasteiger partial charge is 0.233 e. The van der Waals surface area contributed by atoms with Crippen molar-refractivity contribution in [2.45, 2.75) is 25.2 Å². The number of hydrogen-bond acceptors (Lipinski definition) is 5. The third-order valence-electron chi connectivity index (χ3n) is 4.00. The van der Waals surface area contributed by atoms with Crippen LogP contribution in [0.25, 0.3) is 0 Å². The molecule has 0 saturated heterocycles. The molecule has 0 bridgehead atoms. The Bertz CT molecular complexity index is 887. The lowest BCUT2D eigenvalue weighted by molar-refractivity contribution is -0.128. The first-order valence-corrected chi connectivity index (χ1v) is 9.59. The molecule has 27 heavy (non-hydrogen) atoms. The summed E-state index contributed by atoms with van der Waals surface area (Å²) >= 11 is 1.30. The molecule has 0 saturated carbocycles. The maximum absolute atomic E-state index is 13.3. The highest BCUT2D eigenvalue weighted by atomic mass is 32.2. The van der Waals surface area contributed by atoms with Crippen LogP contribution >= 0.6 is 11.8 Å². The summed E-state index contributed by atoms with van der Waals surface area (Å²) < 4.78 is 15.0. The number of aromatic nitrogens is 4. The van der Waals surface area contributed by atoms with E-state index in [1.807, 2.05) is 43.3 Å². The summed E-state index contributed by atoms with van der Waals surface area (Å²) in [5.74, 6) is -0.121. The highest BCUT2D eigenvalue weighted by Gasteiger charge is 2.15. The second kappa shape index (κ2) is 9.27. The van der Waals surface area contributed by atoms with Gasteiger partial charge < -0.3 is 4.90 Å². The van der Waals surface area contributed by atoms with Crippen molar-refractivity contribution in [1.82, 2.24) is 25.1 Å². The van der Waals surface area contributed by atoms with Crippen molar-refractivity contribution >= 4 is 17.7 Å². The monoisotopic (exact) mass is 385 g/mol. The van der Waals surface area contributed by atoms with Crippen LogP contribution in [0, 0.1) is 5.82 Å². The Kier molecular flexibility index (Phi) is 6.54. The van der Waals surface area contributed by atoms with Gasteiger partial charge in [-0.1, -0.05) is 54.2 Å². The van der Waals surface area contributed by atoms with Crippen molar-refractivity contribution in [2.75, 3.05) is 12.3 Å². The molecule has 0 spiro atoms. The Morgan fingerprint density at radius 1 is 1.15 bits per heavy atom. The topological polar surface area (TPSA) is 63.9 Å². The van der Waals surface area contributed by atoms with Gasteiger partial charge in [0.2, 0.25) is 11.1 Å². The fourth-order valence-corrected chi connectivity index (χ4v) is 3.38. The number of benzene rings is 2. The van der Waals surface area contributed by atoms with Crippen molar-refractivity contribution in [3.8, 4) is 0 Å². The number of carbonyl (C=O) groups is 1. The largest absolute Gasteiger partial charge is 0.338 e. The van der Waals surface area contributed by atoms with Crippen LogP contribution in [0.2, 0.25) is 0 Å². The average Bonchev–Trinajstić information content (AvgIpc) is 3.12.